The molecule has 5 nitrogen and oxygen atoms in total. The van der Waals surface area contributed by atoms with E-state index < -0.39 is 5.97 Å². The Hall–Kier alpha value is -2.14. The van der Waals surface area contributed by atoms with Crippen LogP contribution in [0, 0.1) is 0 Å². The first-order chi connectivity index (χ1) is 11.2. The van der Waals surface area contributed by atoms with Crippen LogP contribution in [0.3, 0.4) is 0 Å². The number of carboxylic acids is 1. The molecule has 2 aromatic rings. The molecule has 23 heavy (non-hydrogen) atoms. The summed E-state index contributed by atoms with van der Waals surface area (Å²) in [6.45, 7) is 1.60. The van der Waals surface area contributed by atoms with Gasteiger partial charge in [-0.15, -0.1) is 0 Å². The summed E-state index contributed by atoms with van der Waals surface area (Å²) in [5.41, 5.74) is 4.62. The maximum absolute atomic E-state index is 11.3. The predicted molar refractivity (Wildman–Crippen MR) is 88.2 cm³/mol. The van der Waals surface area contributed by atoms with Crippen LogP contribution in [0.25, 0.3) is 10.9 Å². The van der Waals surface area contributed by atoms with Crippen LogP contribution in [-0.2, 0) is 17.6 Å². The molecule has 0 spiro atoms. The van der Waals surface area contributed by atoms with E-state index in [0.717, 1.165) is 67.5 Å². The maximum atomic E-state index is 11.3. The topological polar surface area (TPSA) is 71.5 Å². The summed E-state index contributed by atoms with van der Waals surface area (Å²) in [5, 5.41) is 13.7. The summed E-state index contributed by atoms with van der Waals surface area (Å²) in [6.07, 6.45) is 5.56. The number of aryl methyl sites for hydroxylation is 1. The number of carboxylic acid groups (broad SMARTS) is 1. The van der Waals surface area contributed by atoms with Crippen LogP contribution in [0.5, 0.6) is 0 Å². The number of nitrogens with one attached hydrogen (secondary N) is 1. The number of hydrogen-bond donors (Lipinski definition) is 2. The van der Waals surface area contributed by atoms with E-state index in [4.69, 9.17) is 9.72 Å². The van der Waals surface area contributed by atoms with E-state index in [1.165, 1.54) is 5.56 Å². The van der Waals surface area contributed by atoms with Crippen LogP contribution >= 0.6 is 0 Å². The van der Waals surface area contributed by atoms with Crippen molar-refractivity contribution in [1.82, 2.24) is 4.98 Å². The van der Waals surface area contributed by atoms with Crippen molar-refractivity contribution in [2.24, 2.45) is 0 Å². The van der Waals surface area contributed by atoms with Gasteiger partial charge in [-0.2, -0.15) is 0 Å². The second-order valence-corrected chi connectivity index (χ2v) is 6.32. The number of pyridine rings is 1. The lowest BCUT2D eigenvalue weighted by Crippen LogP contribution is -2.19. The molecular weight excluding hydrogens is 292 g/mol. The van der Waals surface area contributed by atoms with Crippen LogP contribution in [0.2, 0.25) is 0 Å². The van der Waals surface area contributed by atoms with E-state index in [0.29, 0.717) is 5.56 Å². The highest BCUT2D eigenvalue weighted by Gasteiger charge is 2.22. The van der Waals surface area contributed by atoms with E-state index in [2.05, 4.69) is 5.32 Å². The maximum Gasteiger partial charge on any atom is 0.335 e. The van der Waals surface area contributed by atoms with Gasteiger partial charge in [0.25, 0.3) is 0 Å². The van der Waals surface area contributed by atoms with E-state index in [1.807, 2.05) is 6.07 Å². The minimum atomic E-state index is -0.905. The molecule has 2 aliphatic rings. The van der Waals surface area contributed by atoms with Crippen molar-refractivity contribution >= 4 is 22.6 Å². The fraction of sp³-hybridized carbons (Fsp3) is 0.444. The first-order valence-corrected chi connectivity index (χ1v) is 8.26. The molecule has 1 aliphatic carbocycles. The van der Waals surface area contributed by atoms with Gasteiger partial charge < -0.3 is 15.2 Å². The number of benzene rings is 1. The minimum absolute atomic E-state index is 0.248. The number of rotatable bonds is 4. The van der Waals surface area contributed by atoms with E-state index >= 15 is 0 Å². The Kier molecular flexibility index (Phi) is 3.65. The van der Waals surface area contributed by atoms with Crippen molar-refractivity contribution in [3.05, 3.63) is 35.0 Å². The Labute approximate surface area is 134 Å². The van der Waals surface area contributed by atoms with Crippen molar-refractivity contribution in [2.75, 3.05) is 18.5 Å². The van der Waals surface area contributed by atoms with Gasteiger partial charge in [-0.05, 0) is 55.9 Å². The van der Waals surface area contributed by atoms with Crippen molar-refractivity contribution in [1.29, 1.82) is 0 Å². The van der Waals surface area contributed by atoms with E-state index in [1.54, 1.807) is 12.1 Å². The third-order valence-corrected chi connectivity index (χ3v) is 4.79. The Morgan fingerprint density at radius 2 is 2.26 bits per heavy atom. The number of aromatic carboxylic acids is 1. The number of carbonyl (C=O) groups is 1. The Morgan fingerprint density at radius 1 is 1.35 bits per heavy atom. The summed E-state index contributed by atoms with van der Waals surface area (Å²) >= 11 is 0. The van der Waals surface area contributed by atoms with Crippen LogP contribution in [-0.4, -0.2) is 35.3 Å². The number of ether oxygens (including phenoxy) is 1. The van der Waals surface area contributed by atoms with Crippen molar-refractivity contribution < 1.29 is 14.6 Å². The lowest BCUT2D eigenvalue weighted by molar-refractivity contribution is 0.0697. The van der Waals surface area contributed by atoms with Gasteiger partial charge in [-0.25, -0.2) is 4.79 Å². The monoisotopic (exact) mass is 312 g/mol. The zero-order chi connectivity index (χ0) is 15.8. The van der Waals surface area contributed by atoms with E-state index in [9.17, 15) is 9.90 Å². The van der Waals surface area contributed by atoms with Crippen molar-refractivity contribution in [3.63, 3.8) is 0 Å². The quantitative estimate of drug-likeness (QED) is 0.908. The third-order valence-electron chi connectivity index (χ3n) is 4.79. The molecule has 1 fully saturated rings. The summed E-state index contributed by atoms with van der Waals surface area (Å²) < 4.78 is 5.70. The molecule has 4 rings (SSSR count). The number of fused-ring (bicyclic) bond motifs is 2. The number of aromatic nitrogens is 1. The zero-order valence-electron chi connectivity index (χ0n) is 13.0. The average molecular weight is 312 g/mol. The Balaban J connectivity index is 1.77. The van der Waals surface area contributed by atoms with Crippen LogP contribution in [0.4, 0.5) is 5.69 Å². The highest BCUT2D eigenvalue weighted by Crippen LogP contribution is 2.34. The molecule has 0 radical (unpaired) electrons. The molecule has 0 saturated carbocycles. The normalized spacial score (nSPS) is 19.9. The number of nitrogens with zero attached hydrogens (tertiary/aromatic N) is 1. The molecule has 1 atom stereocenters. The molecule has 2 heterocycles. The van der Waals surface area contributed by atoms with Crippen LogP contribution in [0.15, 0.2) is 18.2 Å². The predicted octanol–water partition coefficient (Wildman–Crippen LogP) is 3.01. The molecule has 120 valence electrons. The highest BCUT2D eigenvalue weighted by atomic mass is 16.5. The summed E-state index contributed by atoms with van der Waals surface area (Å²) in [7, 11) is 0. The zero-order valence-corrected chi connectivity index (χ0v) is 13.0. The van der Waals surface area contributed by atoms with Crippen LogP contribution in [0.1, 0.15) is 40.9 Å². The van der Waals surface area contributed by atoms with Gasteiger partial charge in [0.05, 0.1) is 17.2 Å². The molecule has 2 N–H and O–H groups in total. The Bertz CT molecular complexity index is 766. The molecule has 1 aromatic carbocycles. The number of hydrogen-bond acceptors (Lipinski definition) is 4. The van der Waals surface area contributed by atoms with Crippen LogP contribution < -0.4 is 5.32 Å². The van der Waals surface area contributed by atoms with Gasteiger partial charge in [0, 0.05) is 29.9 Å². The SMILES string of the molecule is O=C(O)c1ccc2nc3c(c(NC[C@H]4CCCO4)c2c1)CCC3. The fourth-order valence-corrected chi connectivity index (χ4v) is 3.62. The average Bonchev–Trinajstić information content (AvgIpc) is 3.22. The van der Waals surface area contributed by atoms with Crippen molar-refractivity contribution in [3.8, 4) is 0 Å². The largest absolute Gasteiger partial charge is 0.478 e. The molecule has 1 aromatic heterocycles. The van der Waals surface area contributed by atoms with Crippen molar-refractivity contribution in [2.45, 2.75) is 38.2 Å². The first-order valence-electron chi connectivity index (χ1n) is 8.26. The molecule has 0 unspecified atom stereocenters. The molecule has 0 amide bonds. The summed E-state index contributed by atoms with van der Waals surface area (Å²) in [5.74, 6) is -0.905. The standard InChI is InChI=1S/C18H20N2O3/c21-18(22)11-6-7-16-14(9-11)17(13-4-1-5-15(13)20-16)19-10-12-3-2-8-23-12/h6-7,9,12H,1-5,8,10H2,(H,19,20)(H,21,22)/t12-/m1/s1. The summed E-state index contributed by atoms with van der Waals surface area (Å²) in [4.78, 5) is 16.0. The van der Waals surface area contributed by atoms with Gasteiger partial charge in [0.15, 0.2) is 0 Å². The molecule has 1 saturated heterocycles. The smallest absolute Gasteiger partial charge is 0.335 e. The number of anilines is 1. The molecule has 1 aliphatic heterocycles. The van der Waals surface area contributed by atoms with Gasteiger partial charge >= 0.3 is 5.97 Å². The second kappa shape index (κ2) is 5.81. The van der Waals surface area contributed by atoms with Gasteiger partial charge in [0.1, 0.15) is 0 Å². The Morgan fingerprint density at radius 3 is 3.04 bits per heavy atom. The second-order valence-electron chi connectivity index (χ2n) is 6.32. The summed E-state index contributed by atoms with van der Waals surface area (Å²) in [6, 6.07) is 5.18. The highest BCUT2D eigenvalue weighted by molar-refractivity contribution is 5.99. The molecule has 0 bridgehead atoms. The molecule has 5 heteroatoms. The van der Waals surface area contributed by atoms with Gasteiger partial charge in [-0.1, -0.05) is 0 Å². The van der Waals surface area contributed by atoms with Gasteiger partial charge in [0.2, 0.25) is 0 Å². The minimum Gasteiger partial charge on any atom is -0.478 e. The molecular formula is C18H20N2O3. The lowest BCUT2D eigenvalue weighted by Gasteiger charge is -2.17. The lowest BCUT2D eigenvalue weighted by atomic mass is 10.0. The first kappa shape index (κ1) is 14.5. The third kappa shape index (κ3) is 2.65. The fourth-order valence-electron chi connectivity index (χ4n) is 3.62. The van der Waals surface area contributed by atoms with E-state index in [-0.39, 0.29) is 6.10 Å². The van der Waals surface area contributed by atoms with Gasteiger partial charge in [-0.3, -0.25) is 4.98 Å².